The molecule has 0 atom stereocenters. The molecule has 1 aromatic heterocycles. The first kappa shape index (κ1) is 8.07. The van der Waals surface area contributed by atoms with Crippen LogP contribution in [0.25, 0.3) is 10.4 Å². The van der Waals surface area contributed by atoms with Crippen molar-refractivity contribution in [3.05, 3.63) is 29.9 Å². The van der Waals surface area contributed by atoms with E-state index >= 15 is 0 Å². The van der Waals surface area contributed by atoms with Crippen molar-refractivity contribution in [3.8, 4) is 21.9 Å². The highest BCUT2D eigenvalue weighted by molar-refractivity contribution is 7.13. The second kappa shape index (κ2) is 3.06. The van der Waals surface area contributed by atoms with Gasteiger partial charge in [0.05, 0.1) is 16.0 Å². The van der Waals surface area contributed by atoms with Crippen LogP contribution in [0.5, 0.6) is 11.5 Å². The second-order valence-electron chi connectivity index (χ2n) is 2.54. The van der Waals surface area contributed by atoms with Gasteiger partial charge in [0.2, 0.25) is 0 Å². The molecule has 2 aromatic rings. The molecule has 3 nitrogen and oxygen atoms in total. The predicted octanol–water partition coefficient (Wildman–Crippen LogP) is 2.22. The van der Waals surface area contributed by atoms with Crippen molar-refractivity contribution in [1.82, 2.24) is 4.98 Å². The fraction of sp³-hybridized carbons (Fsp3) is 0. The van der Waals surface area contributed by atoms with Gasteiger partial charge in [-0.25, -0.2) is 0 Å². The van der Waals surface area contributed by atoms with Crippen LogP contribution in [0.3, 0.4) is 0 Å². The summed E-state index contributed by atoms with van der Waals surface area (Å²) in [5, 5.41) is 19.0. The Morgan fingerprint density at radius 1 is 1.15 bits per heavy atom. The lowest BCUT2D eigenvalue weighted by molar-refractivity contribution is 0.454. The summed E-state index contributed by atoms with van der Waals surface area (Å²) in [5.74, 6) is 0.147. The molecule has 4 heteroatoms. The van der Waals surface area contributed by atoms with Gasteiger partial charge in [-0.2, -0.15) is 0 Å². The van der Waals surface area contributed by atoms with Gasteiger partial charge in [-0.1, -0.05) is 6.07 Å². The number of nitrogens with zero attached hydrogens (tertiary/aromatic N) is 1. The molecule has 0 radical (unpaired) electrons. The van der Waals surface area contributed by atoms with Crippen LogP contribution in [0.4, 0.5) is 0 Å². The maximum Gasteiger partial charge on any atom is 0.128 e. The van der Waals surface area contributed by atoms with Crippen molar-refractivity contribution < 1.29 is 10.2 Å². The SMILES string of the molecule is Oc1cccc(O)c1-c1cncs1. The number of aromatic hydroxyl groups is 2. The summed E-state index contributed by atoms with van der Waals surface area (Å²) in [7, 11) is 0. The summed E-state index contributed by atoms with van der Waals surface area (Å²) in [6.45, 7) is 0. The first-order valence-corrected chi connectivity index (χ1v) is 4.57. The van der Waals surface area contributed by atoms with Gasteiger partial charge in [0, 0.05) is 6.20 Å². The van der Waals surface area contributed by atoms with E-state index in [4.69, 9.17) is 0 Å². The molecular formula is C9H7NO2S. The minimum Gasteiger partial charge on any atom is -0.507 e. The zero-order chi connectivity index (χ0) is 9.26. The number of phenolic OH excluding ortho intramolecular Hbond substituents is 2. The number of phenols is 2. The molecule has 2 N–H and O–H groups in total. The van der Waals surface area contributed by atoms with Crippen LogP contribution >= 0.6 is 11.3 Å². The van der Waals surface area contributed by atoms with Gasteiger partial charge in [0.25, 0.3) is 0 Å². The average Bonchev–Trinajstić information content (AvgIpc) is 2.57. The van der Waals surface area contributed by atoms with Gasteiger partial charge in [-0.15, -0.1) is 11.3 Å². The number of rotatable bonds is 1. The van der Waals surface area contributed by atoms with Gasteiger partial charge in [0.15, 0.2) is 0 Å². The fourth-order valence-corrected chi connectivity index (χ4v) is 1.80. The molecule has 13 heavy (non-hydrogen) atoms. The van der Waals surface area contributed by atoms with Crippen LogP contribution in [-0.2, 0) is 0 Å². The number of hydrogen-bond acceptors (Lipinski definition) is 4. The molecular weight excluding hydrogens is 186 g/mol. The lowest BCUT2D eigenvalue weighted by Gasteiger charge is -2.02. The van der Waals surface area contributed by atoms with E-state index in [0.717, 1.165) is 4.88 Å². The zero-order valence-electron chi connectivity index (χ0n) is 6.64. The Balaban J connectivity index is 2.64. The number of thiazole rings is 1. The normalized spacial score (nSPS) is 10.2. The maximum atomic E-state index is 9.48. The van der Waals surface area contributed by atoms with Gasteiger partial charge in [-0.05, 0) is 12.1 Å². The van der Waals surface area contributed by atoms with Crippen LogP contribution in [0, 0.1) is 0 Å². The maximum absolute atomic E-state index is 9.48. The minimum atomic E-state index is 0.0734. The van der Waals surface area contributed by atoms with Crippen LogP contribution in [0.2, 0.25) is 0 Å². The third-order valence-corrected chi connectivity index (χ3v) is 2.49. The van der Waals surface area contributed by atoms with Gasteiger partial charge >= 0.3 is 0 Å². The predicted molar refractivity (Wildman–Crippen MR) is 50.9 cm³/mol. The summed E-state index contributed by atoms with van der Waals surface area (Å²) in [5.41, 5.74) is 2.10. The van der Waals surface area contributed by atoms with E-state index in [1.165, 1.54) is 23.5 Å². The highest BCUT2D eigenvalue weighted by atomic mass is 32.1. The molecule has 0 saturated carbocycles. The van der Waals surface area contributed by atoms with Gasteiger partial charge < -0.3 is 10.2 Å². The van der Waals surface area contributed by atoms with Crippen LogP contribution in [-0.4, -0.2) is 15.2 Å². The van der Waals surface area contributed by atoms with Crippen LogP contribution in [0.15, 0.2) is 29.9 Å². The molecule has 0 unspecified atom stereocenters. The molecule has 66 valence electrons. The zero-order valence-corrected chi connectivity index (χ0v) is 7.45. The van der Waals surface area contributed by atoms with E-state index in [0.29, 0.717) is 5.56 Å². The molecule has 1 aromatic carbocycles. The molecule has 0 amide bonds. The van der Waals surface area contributed by atoms with Crippen LogP contribution < -0.4 is 0 Å². The van der Waals surface area contributed by atoms with E-state index < -0.39 is 0 Å². The molecule has 0 fully saturated rings. The smallest absolute Gasteiger partial charge is 0.128 e. The lowest BCUT2D eigenvalue weighted by Crippen LogP contribution is -1.75. The van der Waals surface area contributed by atoms with Crippen molar-refractivity contribution in [1.29, 1.82) is 0 Å². The Kier molecular flexibility index (Phi) is 1.90. The first-order chi connectivity index (χ1) is 6.29. The quantitative estimate of drug-likeness (QED) is 0.730. The standard InChI is InChI=1S/C9H7NO2S/c11-6-2-1-3-7(12)9(6)8-4-10-5-13-8/h1-5,11-12H. The molecule has 0 bridgehead atoms. The largest absolute Gasteiger partial charge is 0.507 e. The fourth-order valence-electron chi connectivity index (χ4n) is 1.12. The summed E-state index contributed by atoms with van der Waals surface area (Å²) >= 11 is 1.37. The monoisotopic (exact) mass is 193 g/mol. The molecule has 0 aliphatic rings. The van der Waals surface area contributed by atoms with Crippen molar-refractivity contribution in [3.63, 3.8) is 0 Å². The van der Waals surface area contributed by atoms with Crippen molar-refractivity contribution >= 4 is 11.3 Å². The Labute approximate surface area is 78.9 Å². The lowest BCUT2D eigenvalue weighted by atomic mass is 10.1. The summed E-state index contributed by atoms with van der Waals surface area (Å²) in [4.78, 5) is 4.64. The summed E-state index contributed by atoms with van der Waals surface area (Å²) in [6.07, 6.45) is 1.61. The second-order valence-corrected chi connectivity index (χ2v) is 3.42. The Hall–Kier alpha value is -1.55. The summed E-state index contributed by atoms with van der Waals surface area (Å²) < 4.78 is 0. The van der Waals surface area contributed by atoms with Crippen LogP contribution in [0.1, 0.15) is 0 Å². The number of aromatic nitrogens is 1. The number of hydrogen-bond donors (Lipinski definition) is 2. The highest BCUT2D eigenvalue weighted by Crippen LogP contribution is 2.38. The molecule has 1 heterocycles. The number of benzene rings is 1. The first-order valence-electron chi connectivity index (χ1n) is 3.69. The molecule has 2 rings (SSSR count). The van der Waals surface area contributed by atoms with E-state index in [1.807, 2.05) is 0 Å². The molecule has 0 spiro atoms. The third-order valence-electron chi connectivity index (χ3n) is 1.70. The van der Waals surface area contributed by atoms with Crippen molar-refractivity contribution in [2.45, 2.75) is 0 Å². The average molecular weight is 193 g/mol. The van der Waals surface area contributed by atoms with Gasteiger partial charge in [-0.3, -0.25) is 4.98 Å². The third kappa shape index (κ3) is 1.36. The van der Waals surface area contributed by atoms with E-state index in [9.17, 15) is 10.2 Å². The van der Waals surface area contributed by atoms with Crippen molar-refractivity contribution in [2.24, 2.45) is 0 Å². The van der Waals surface area contributed by atoms with Gasteiger partial charge in [0.1, 0.15) is 11.5 Å². The topological polar surface area (TPSA) is 53.4 Å². The molecule has 0 aliphatic carbocycles. The van der Waals surface area contributed by atoms with E-state index in [-0.39, 0.29) is 11.5 Å². The van der Waals surface area contributed by atoms with Crippen molar-refractivity contribution in [2.75, 3.05) is 0 Å². The van der Waals surface area contributed by atoms with E-state index in [2.05, 4.69) is 4.98 Å². The molecule has 0 aliphatic heterocycles. The summed E-state index contributed by atoms with van der Waals surface area (Å²) in [6, 6.07) is 4.67. The Morgan fingerprint density at radius 2 is 1.85 bits per heavy atom. The Bertz CT molecular complexity index is 391. The van der Waals surface area contributed by atoms with E-state index in [1.54, 1.807) is 17.8 Å². The molecule has 0 saturated heterocycles. The minimum absolute atomic E-state index is 0.0734. The highest BCUT2D eigenvalue weighted by Gasteiger charge is 2.10. The Morgan fingerprint density at radius 3 is 2.38 bits per heavy atom.